The van der Waals surface area contributed by atoms with Gasteiger partial charge in [0.1, 0.15) is 0 Å². The van der Waals surface area contributed by atoms with Crippen molar-refractivity contribution in [2.75, 3.05) is 19.9 Å². The van der Waals surface area contributed by atoms with Crippen LogP contribution in [0.25, 0.3) is 0 Å². The number of hydrogen-bond donors (Lipinski definition) is 1. The first-order valence-corrected chi connectivity index (χ1v) is 9.57. The van der Waals surface area contributed by atoms with Gasteiger partial charge in [0.25, 0.3) is 0 Å². The van der Waals surface area contributed by atoms with Gasteiger partial charge in [-0.15, -0.1) is 0 Å². The number of carbonyl (C=O) groups is 2. The third-order valence-corrected chi connectivity index (χ3v) is 5.42. The molecule has 26 heavy (non-hydrogen) atoms. The van der Waals surface area contributed by atoms with E-state index in [0.29, 0.717) is 19.6 Å². The van der Waals surface area contributed by atoms with Gasteiger partial charge in [-0.3, -0.25) is 9.59 Å². The summed E-state index contributed by atoms with van der Waals surface area (Å²) in [5.74, 6) is 1.88. The molecular weight excluding hydrogens is 332 g/mol. The van der Waals surface area contributed by atoms with Gasteiger partial charge < -0.3 is 19.7 Å². The van der Waals surface area contributed by atoms with Gasteiger partial charge in [0, 0.05) is 31.5 Å². The lowest BCUT2D eigenvalue weighted by Crippen LogP contribution is -2.44. The van der Waals surface area contributed by atoms with E-state index in [1.54, 1.807) is 0 Å². The molecule has 6 nitrogen and oxygen atoms in total. The van der Waals surface area contributed by atoms with E-state index in [2.05, 4.69) is 19.2 Å². The maximum absolute atomic E-state index is 12.5. The molecule has 1 saturated heterocycles. The number of rotatable bonds is 6. The van der Waals surface area contributed by atoms with Crippen LogP contribution in [0.5, 0.6) is 11.5 Å². The number of nitrogens with one attached hydrogen (secondary N) is 1. The molecule has 1 aromatic rings. The van der Waals surface area contributed by atoms with Gasteiger partial charge in [-0.05, 0) is 43.4 Å². The zero-order chi connectivity index (χ0) is 18.5. The Hall–Kier alpha value is -2.24. The Balaban J connectivity index is 1.46. The molecule has 0 aromatic heterocycles. The van der Waals surface area contributed by atoms with Crippen LogP contribution in [0.1, 0.15) is 45.1 Å². The molecule has 1 fully saturated rings. The summed E-state index contributed by atoms with van der Waals surface area (Å²) in [6, 6.07) is 5.70. The van der Waals surface area contributed by atoms with Gasteiger partial charge >= 0.3 is 0 Å². The van der Waals surface area contributed by atoms with Crippen molar-refractivity contribution < 1.29 is 19.1 Å². The second-order valence-electron chi connectivity index (χ2n) is 7.02. The van der Waals surface area contributed by atoms with Gasteiger partial charge in [0.05, 0.1) is 0 Å². The van der Waals surface area contributed by atoms with Crippen molar-refractivity contribution in [2.24, 2.45) is 11.8 Å². The van der Waals surface area contributed by atoms with Crippen molar-refractivity contribution in [3.8, 4) is 11.5 Å². The summed E-state index contributed by atoms with van der Waals surface area (Å²) >= 11 is 0. The number of ether oxygens (including phenoxy) is 2. The van der Waals surface area contributed by atoms with E-state index in [4.69, 9.17) is 9.47 Å². The number of nitrogens with zero attached hydrogens (tertiary/aromatic N) is 1. The van der Waals surface area contributed by atoms with Crippen LogP contribution in [-0.2, 0) is 16.1 Å². The molecule has 2 amide bonds. The zero-order valence-electron chi connectivity index (χ0n) is 15.6. The highest BCUT2D eigenvalue weighted by atomic mass is 16.7. The highest BCUT2D eigenvalue weighted by molar-refractivity contribution is 5.81. The third-order valence-electron chi connectivity index (χ3n) is 5.42. The maximum Gasteiger partial charge on any atom is 0.231 e. The van der Waals surface area contributed by atoms with Crippen molar-refractivity contribution >= 4 is 11.8 Å². The van der Waals surface area contributed by atoms with Crippen LogP contribution < -0.4 is 14.8 Å². The van der Waals surface area contributed by atoms with Crippen LogP contribution in [0, 0.1) is 11.8 Å². The molecule has 0 unspecified atom stereocenters. The van der Waals surface area contributed by atoms with Crippen molar-refractivity contribution in [2.45, 2.75) is 46.1 Å². The van der Waals surface area contributed by atoms with Crippen molar-refractivity contribution in [3.05, 3.63) is 23.8 Å². The van der Waals surface area contributed by atoms with E-state index in [0.717, 1.165) is 42.7 Å². The molecule has 0 radical (unpaired) electrons. The molecule has 0 spiro atoms. The van der Waals surface area contributed by atoms with E-state index in [-0.39, 0.29) is 30.4 Å². The van der Waals surface area contributed by atoms with E-state index in [9.17, 15) is 9.59 Å². The molecule has 1 N–H and O–H groups in total. The summed E-state index contributed by atoms with van der Waals surface area (Å²) in [6.07, 6.45) is 3.23. The Kier molecular flexibility index (Phi) is 6.01. The normalized spacial score (nSPS) is 16.8. The molecule has 0 aliphatic carbocycles. The first-order chi connectivity index (χ1) is 12.6. The fourth-order valence-electron chi connectivity index (χ4n) is 3.64. The van der Waals surface area contributed by atoms with Crippen LogP contribution in [-0.4, -0.2) is 36.6 Å². The van der Waals surface area contributed by atoms with Crippen LogP contribution in [0.3, 0.4) is 0 Å². The van der Waals surface area contributed by atoms with E-state index in [1.807, 2.05) is 23.1 Å². The van der Waals surface area contributed by atoms with E-state index < -0.39 is 0 Å². The second kappa shape index (κ2) is 8.43. The molecule has 142 valence electrons. The molecule has 0 atom stereocenters. The molecular formula is C20H28N2O4. The quantitative estimate of drug-likeness (QED) is 0.847. The lowest BCUT2D eigenvalue weighted by molar-refractivity contribution is -0.139. The zero-order valence-corrected chi connectivity index (χ0v) is 15.6. The molecule has 0 bridgehead atoms. The molecule has 2 heterocycles. The number of likely N-dealkylation sites (tertiary alicyclic amines) is 1. The number of carbonyl (C=O) groups excluding carboxylic acids is 2. The fraction of sp³-hybridized carbons (Fsp3) is 0.600. The minimum Gasteiger partial charge on any atom is -0.454 e. The van der Waals surface area contributed by atoms with Gasteiger partial charge in [-0.2, -0.15) is 0 Å². The van der Waals surface area contributed by atoms with Crippen molar-refractivity contribution in [1.82, 2.24) is 10.2 Å². The number of piperidine rings is 1. The average Bonchev–Trinajstić information content (AvgIpc) is 3.15. The number of fused-ring (bicyclic) bond motifs is 1. The number of benzene rings is 1. The molecule has 1 aromatic carbocycles. The second-order valence-corrected chi connectivity index (χ2v) is 7.02. The summed E-state index contributed by atoms with van der Waals surface area (Å²) in [6.45, 7) is 6.20. The highest BCUT2D eigenvalue weighted by Crippen LogP contribution is 2.32. The van der Waals surface area contributed by atoms with Crippen LogP contribution in [0.2, 0.25) is 0 Å². The minimum atomic E-state index is -0.0187. The van der Waals surface area contributed by atoms with Crippen molar-refractivity contribution in [1.29, 1.82) is 0 Å². The first-order valence-electron chi connectivity index (χ1n) is 9.57. The van der Waals surface area contributed by atoms with Crippen LogP contribution in [0.15, 0.2) is 18.2 Å². The van der Waals surface area contributed by atoms with Gasteiger partial charge in [-0.25, -0.2) is 0 Å². The maximum atomic E-state index is 12.5. The molecule has 3 rings (SSSR count). The predicted octanol–water partition coefficient (Wildman–Crippen LogP) is 2.71. The van der Waals surface area contributed by atoms with E-state index in [1.165, 1.54) is 0 Å². The highest BCUT2D eigenvalue weighted by Gasteiger charge is 2.29. The molecule has 2 aliphatic rings. The average molecular weight is 360 g/mol. The summed E-state index contributed by atoms with van der Waals surface area (Å²) in [7, 11) is 0. The molecule has 0 saturated carbocycles. The largest absolute Gasteiger partial charge is 0.454 e. The van der Waals surface area contributed by atoms with Crippen LogP contribution in [0.4, 0.5) is 0 Å². The Bertz CT molecular complexity index is 649. The first kappa shape index (κ1) is 18.5. The topological polar surface area (TPSA) is 67.9 Å². The fourth-order valence-corrected chi connectivity index (χ4v) is 3.64. The minimum absolute atomic E-state index is 0.0187. The van der Waals surface area contributed by atoms with E-state index >= 15 is 0 Å². The van der Waals surface area contributed by atoms with Gasteiger partial charge in [-0.1, -0.05) is 19.9 Å². The smallest absolute Gasteiger partial charge is 0.231 e. The Labute approximate surface area is 154 Å². The Morgan fingerprint density at radius 2 is 1.85 bits per heavy atom. The standard InChI is InChI=1S/C20H28N2O4/c1-3-15(4-2)20(24)22-9-7-16(8-10-22)19(23)21-12-14-5-6-17-18(11-14)26-13-25-17/h5-6,11,15-16H,3-4,7-10,12-13H2,1-2H3,(H,21,23). The Morgan fingerprint density at radius 3 is 2.54 bits per heavy atom. The summed E-state index contributed by atoms with van der Waals surface area (Å²) in [5, 5.41) is 3.01. The summed E-state index contributed by atoms with van der Waals surface area (Å²) in [4.78, 5) is 26.8. The predicted molar refractivity (Wildman–Crippen MR) is 97.8 cm³/mol. The number of amides is 2. The van der Waals surface area contributed by atoms with Crippen LogP contribution >= 0.6 is 0 Å². The third kappa shape index (κ3) is 4.11. The van der Waals surface area contributed by atoms with Gasteiger partial charge in [0.2, 0.25) is 18.6 Å². The monoisotopic (exact) mass is 360 g/mol. The molecule has 6 heteroatoms. The van der Waals surface area contributed by atoms with Gasteiger partial charge in [0.15, 0.2) is 11.5 Å². The Morgan fingerprint density at radius 1 is 1.15 bits per heavy atom. The lowest BCUT2D eigenvalue weighted by atomic mass is 9.93. The number of hydrogen-bond acceptors (Lipinski definition) is 4. The summed E-state index contributed by atoms with van der Waals surface area (Å²) in [5.41, 5.74) is 0.990. The SMILES string of the molecule is CCC(CC)C(=O)N1CCC(C(=O)NCc2ccc3c(c2)OCO3)CC1. The molecule has 2 aliphatic heterocycles. The summed E-state index contributed by atoms with van der Waals surface area (Å²) < 4.78 is 10.7. The lowest BCUT2D eigenvalue weighted by Gasteiger charge is -2.33. The van der Waals surface area contributed by atoms with Crippen molar-refractivity contribution in [3.63, 3.8) is 0 Å².